The van der Waals surface area contributed by atoms with E-state index in [2.05, 4.69) is 11.8 Å². The molecular weight excluding hydrogens is 243 g/mol. The Morgan fingerprint density at radius 2 is 2.12 bits per heavy atom. The zero-order chi connectivity index (χ0) is 11.7. The second-order valence-electron chi connectivity index (χ2n) is 4.47. The molecule has 4 heteroatoms. The van der Waals surface area contributed by atoms with E-state index in [4.69, 9.17) is 28.9 Å². The van der Waals surface area contributed by atoms with Crippen LogP contribution in [-0.2, 0) is 0 Å². The summed E-state index contributed by atoms with van der Waals surface area (Å²) in [5.74, 6) is 0.500. The first-order valence-electron chi connectivity index (χ1n) is 5.53. The van der Waals surface area contributed by atoms with Crippen LogP contribution >= 0.6 is 23.2 Å². The lowest BCUT2D eigenvalue weighted by atomic mass is 9.94. The number of rotatable bonds is 1. The standard InChI is InChI=1S/C12H16Cl2N2/c1-8-7-16(5-4-11(8)15)12-3-2-9(13)6-10(12)14/h2-3,6,8,11H,4-5,7,15H2,1H3. The molecule has 1 aliphatic rings. The normalized spacial score (nSPS) is 25.9. The lowest BCUT2D eigenvalue weighted by Gasteiger charge is -2.37. The van der Waals surface area contributed by atoms with Crippen LogP contribution in [0.4, 0.5) is 5.69 Å². The summed E-state index contributed by atoms with van der Waals surface area (Å²) < 4.78 is 0. The van der Waals surface area contributed by atoms with E-state index < -0.39 is 0 Å². The van der Waals surface area contributed by atoms with E-state index >= 15 is 0 Å². The number of piperidine rings is 1. The number of hydrogen-bond acceptors (Lipinski definition) is 2. The Balaban J connectivity index is 2.18. The zero-order valence-corrected chi connectivity index (χ0v) is 10.8. The minimum absolute atomic E-state index is 0.308. The third-order valence-corrected chi connectivity index (χ3v) is 3.76. The Morgan fingerprint density at radius 1 is 1.38 bits per heavy atom. The quantitative estimate of drug-likeness (QED) is 0.839. The molecule has 0 saturated carbocycles. The molecule has 16 heavy (non-hydrogen) atoms. The largest absolute Gasteiger partial charge is 0.370 e. The van der Waals surface area contributed by atoms with Gasteiger partial charge in [0.05, 0.1) is 10.7 Å². The number of hydrogen-bond donors (Lipinski definition) is 1. The third kappa shape index (κ3) is 2.45. The number of nitrogens with zero attached hydrogens (tertiary/aromatic N) is 1. The highest BCUT2D eigenvalue weighted by atomic mass is 35.5. The van der Waals surface area contributed by atoms with E-state index in [1.165, 1.54) is 0 Å². The van der Waals surface area contributed by atoms with Crippen molar-refractivity contribution in [3.8, 4) is 0 Å². The first-order valence-corrected chi connectivity index (χ1v) is 6.29. The van der Waals surface area contributed by atoms with Crippen LogP contribution in [-0.4, -0.2) is 19.1 Å². The molecule has 0 aromatic heterocycles. The average Bonchev–Trinajstić information content (AvgIpc) is 2.22. The van der Waals surface area contributed by atoms with E-state index in [-0.39, 0.29) is 0 Å². The molecule has 0 spiro atoms. The molecule has 0 bridgehead atoms. The molecule has 88 valence electrons. The maximum Gasteiger partial charge on any atom is 0.0654 e. The second-order valence-corrected chi connectivity index (χ2v) is 5.32. The maximum atomic E-state index is 6.19. The monoisotopic (exact) mass is 258 g/mol. The predicted molar refractivity (Wildman–Crippen MR) is 70.4 cm³/mol. The van der Waals surface area contributed by atoms with Gasteiger partial charge in [-0.2, -0.15) is 0 Å². The first kappa shape index (κ1) is 12.0. The van der Waals surface area contributed by atoms with Crippen molar-refractivity contribution in [3.63, 3.8) is 0 Å². The van der Waals surface area contributed by atoms with E-state index in [0.29, 0.717) is 17.0 Å². The van der Waals surface area contributed by atoms with Gasteiger partial charge in [0, 0.05) is 24.2 Å². The van der Waals surface area contributed by atoms with Crippen LogP contribution in [0.25, 0.3) is 0 Å². The zero-order valence-electron chi connectivity index (χ0n) is 9.29. The van der Waals surface area contributed by atoms with Gasteiger partial charge >= 0.3 is 0 Å². The van der Waals surface area contributed by atoms with Crippen LogP contribution < -0.4 is 10.6 Å². The van der Waals surface area contributed by atoms with Crippen LogP contribution in [0, 0.1) is 5.92 Å². The van der Waals surface area contributed by atoms with Crippen LogP contribution in [0.1, 0.15) is 13.3 Å². The fraction of sp³-hybridized carbons (Fsp3) is 0.500. The lowest BCUT2D eigenvalue weighted by molar-refractivity contribution is 0.383. The fourth-order valence-electron chi connectivity index (χ4n) is 2.12. The molecule has 1 fully saturated rings. The first-order chi connectivity index (χ1) is 7.58. The van der Waals surface area contributed by atoms with Crippen LogP contribution in [0.2, 0.25) is 10.0 Å². The van der Waals surface area contributed by atoms with Gasteiger partial charge < -0.3 is 10.6 Å². The van der Waals surface area contributed by atoms with Crippen molar-refractivity contribution in [3.05, 3.63) is 28.2 Å². The van der Waals surface area contributed by atoms with Gasteiger partial charge in [0.2, 0.25) is 0 Å². The Bertz CT molecular complexity index is 381. The molecular formula is C12H16Cl2N2. The van der Waals surface area contributed by atoms with Crippen molar-refractivity contribution in [1.29, 1.82) is 0 Å². The van der Waals surface area contributed by atoms with Gasteiger partial charge in [-0.3, -0.25) is 0 Å². The lowest BCUT2D eigenvalue weighted by Crippen LogP contribution is -2.46. The Kier molecular flexibility index (Phi) is 3.63. The predicted octanol–water partition coefficient (Wildman–Crippen LogP) is 3.17. The Hall–Kier alpha value is -0.440. The molecule has 1 heterocycles. The summed E-state index contributed by atoms with van der Waals surface area (Å²) in [6.07, 6.45) is 1.01. The third-order valence-electron chi connectivity index (χ3n) is 3.22. The second kappa shape index (κ2) is 4.82. The van der Waals surface area contributed by atoms with Crippen molar-refractivity contribution in [2.45, 2.75) is 19.4 Å². The van der Waals surface area contributed by atoms with Crippen molar-refractivity contribution in [2.75, 3.05) is 18.0 Å². The maximum absolute atomic E-state index is 6.19. The van der Waals surface area contributed by atoms with Gasteiger partial charge in [0.1, 0.15) is 0 Å². The molecule has 2 rings (SSSR count). The summed E-state index contributed by atoms with van der Waals surface area (Å²) in [4.78, 5) is 2.28. The van der Waals surface area contributed by atoms with E-state index in [1.807, 2.05) is 12.1 Å². The fourth-order valence-corrected chi connectivity index (χ4v) is 2.65. The molecule has 2 atom stereocenters. The highest BCUT2D eigenvalue weighted by Crippen LogP contribution is 2.31. The van der Waals surface area contributed by atoms with Crippen molar-refractivity contribution in [1.82, 2.24) is 0 Å². The minimum atomic E-state index is 0.308. The van der Waals surface area contributed by atoms with Crippen LogP contribution in [0.15, 0.2) is 18.2 Å². The van der Waals surface area contributed by atoms with E-state index in [1.54, 1.807) is 6.07 Å². The molecule has 0 aliphatic carbocycles. The smallest absolute Gasteiger partial charge is 0.0654 e. The summed E-state index contributed by atoms with van der Waals surface area (Å²) in [5, 5.41) is 1.39. The Morgan fingerprint density at radius 3 is 2.75 bits per heavy atom. The van der Waals surface area contributed by atoms with Crippen LogP contribution in [0.3, 0.4) is 0 Å². The van der Waals surface area contributed by atoms with Crippen molar-refractivity contribution in [2.24, 2.45) is 11.7 Å². The summed E-state index contributed by atoms with van der Waals surface area (Å²) in [7, 11) is 0. The summed E-state index contributed by atoms with van der Waals surface area (Å²) >= 11 is 12.1. The van der Waals surface area contributed by atoms with Gasteiger partial charge in [-0.05, 0) is 30.5 Å². The van der Waals surface area contributed by atoms with Gasteiger partial charge in [-0.1, -0.05) is 30.1 Å². The van der Waals surface area contributed by atoms with Gasteiger partial charge in [0.25, 0.3) is 0 Å². The summed E-state index contributed by atoms with van der Waals surface area (Å²) in [6, 6.07) is 5.95. The molecule has 2 unspecified atom stereocenters. The molecule has 2 nitrogen and oxygen atoms in total. The highest BCUT2D eigenvalue weighted by molar-refractivity contribution is 6.36. The minimum Gasteiger partial charge on any atom is -0.370 e. The molecule has 0 radical (unpaired) electrons. The molecule has 1 aromatic rings. The van der Waals surface area contributed by atoms with Gasteiger partial charge in [-0.25, -0.2) is 0 Å². The van der Waals surface area contributed by atoms with E-state index in [9.17, 15) is 0 Å². The Labute approximate surface area is 106 Å². The molecule has 1 aliphatic heterocycles. The molecule has 0 amide bonds. The van der Waals surface area contributed by atoms with Gasteiger partial charge in [-0.15, -0.1) is 0 Å². The van der Waals surface area contributed by atoms with Crippen LogP contribution in [0.5, 0.6) is 0 Å². The highest BCUT2D eigenvalue weighted by Gasteiger charge is 2.24. The summed E-state index contributed by atoms with van der Waals surface area (Å²) in [6.45, 7) is 4.11. The number of anilines is 1. The average molecular weight is 259 g/mol. The van der Waals surface area contributed by atoms with Crippen molar-refractivity contribution < 1.29 is 0 Å². The van der Waals surface area contributed by atoms with E-state index in [0.717, 1.165) is 30.2 Å². The summed E-state index contributed by atoms with van der Waals surface area (Å²) in [5.41, 5.74) is 7.06. The van der Waals surface area contributed by atoms with Gasteiger partial charge in [0.15, 0.2) is 0 Å². The number of halogens is 2. The SMILES string of the molecule is CC1CN(c2ccc(Cl)cc2Cl)CCC1N. The van der Waals surface area contributed by atoms with Crippen molar-refractivity contribution >= 4 is 28.9 Å². The molecule has 1 saturated heterocycles. The molecule has 1 aromatic carbocycles. The topological polar surface area (TPSA) is 29.3 Å². The number of nitrogens with two attached hydrogens (primary N) is 1. The number of benzene rings is 1. The molecule has 2 N–H and O–H groups in total.